The first-order chi connectivity index (χ1) is 9.38. The van der Waals surface area contributed by atoms with Crippen molar-refractivity contribution < 1.29 is 0 Å². The van der Waals surface area contributed by atoms with E-state index in [4.69, 9.17) is 0 Å². The summed E-state index contributed by atoms with van der Waals surface area (Å²) < 4.78 is 0. The molecule has 0 amide bonds. The summed E-state index contributed by atoms with van der Waals surface area (Å²) in [7, 11) is 0. The summed E-state index contributed by atoms with van der Waals surface area (Å²) in [4.78, 5) is 2.74. The third-order valence-electron chi connectivity index (χ3n) is 4.41. The lowest BCUT2D eigenvalue weighted by Crippen LogP contribution is -2.54. The molecule has 2 fully saturated rings. The molecule has 2 atom stereocenters. The Kier molecular flexibility index (Phi) is 4.46. The molecule has 3 rings (SSSR count). The first-order valence-corrected chi connectivity index (χ1v) is 8.79. The van der Waals surface area contributed by atoms with Crippen molar-refractivity contribution in [3.8, 4) is 0 Å². The summed E-state index contributed by atoms with van der Waals surface area (Å²) in [6.45, 7) is 3.58. The second-order valence-electron chi connectivity index (χ2n) is 5.76. The zero-order valence-electron chi connectivity index (χ0n) is 11.7. The summed E-state index contributed by atoms with van der Waals surface area (Å²) in [5, 5.41) is 3.76. The van der Waals surface area contributed by atoms with Crippen LogP contribution in [0.3, 0.4) is 0 Å². The maximum atomic E-state index is 3.76. The van der Waals surface area contributed by atoms with Crippen LogP contribution >= 0.6 is 11.8 Å². The average Bonchev–Trinajstić information content (AvgIpc) is 3.30. The van der Waals surface area contributed by atoms with Gasteiger partial charge in [0.15, 0.2) is 0 Å². The SMILES string of the molecule is CSCCN1CC(c2ccccc2)NCC1C1CC1. The van der Waals surface area contributed by atoms with Gasteiger partial charge in [-0.1, -0.05) is 30.3 Å². The van der Waals surface area contributed by atoms with E-state index < -0.39 is 0 Å². The second kappa shape index (κ2) is 6.29. The van der Waals surface area contributed by atoms with Crippen molar-refractivity contribution in [1.82, 2.24) is 10.2 Å². The Morgan fingerprint density at radius 3 is 2.74 bits per heavy atom. The Labute approximate surface area is 121 Å². The van der Waals surface area contributed by atoms with Crippen LogP contribution in [-0.4, -0.2) is 42.6 Å². The summed E-state index contributed by atoms with van der Waals surface area (Å²) in [6, 6.07) is 12.2. The minimum absolute atomic E-state index is 0.512. The molecule has 1 aliphatic heterocycles. The molecular weight excluding hydrogens is 252 g/mol. The highest BCUT2D eigenvalue weighted by molar-refractivity contribution is 7.98. The van der Waals surface area contributed by atoms with Crippen LogP contribution in [0.4, 0.5) is 0 Å². The van der Waals surface area contributed by atoms with Crippen molar-refractivity contribution in [3.05, 3.63) is 35.9 Å². The summed E-state index contributed by atoms with van der Waals surface area (Å²) >= 11 is 1.96. The van der Waals surface area contributed by atoms with Crippen LogP contribution in [0, 0.1) is 5.92 Å². The summed E-state index contributed by atoms with van der Waals surface area (Å²) in [5.41, 5.74) is 1.44. The largest absolute Gasteiger partial charge is 0.307 e. The molecule has 1 aliphatic carbocycles. The van der Waals surface area contributed by atoms with E-state index in [1.54, 1.807) is 0 Å². The van der Waals surface area contributed by atoms with Crippen molar-refractivity contribution >= 4 is 11.8 Å². The van der Waals surface area contributed by atoms with Gasteiger partial charge in [0.05, 0.1) is 0 Å². The van der Waals surface area contributed by atoms with Gasteiger partial charge in [0, 0.05) is 37.5 Å². The van der Waals surface area contributed by atoms with Gasteiger partial charge in [-0.3, -0.25) is 4.90 Å². The fraction of sp³-hybridized carbons (Fsp3) is 0.625. The van der Waals surface area contributed by atoms with Crippen LogP contribution in [0.1, 0.15) is 24.4 Å². The quantitative estimate of drug-likeness (QED) is 0.890. The minimum Gasteiger partial charge on any atom is -0.307 e. The Bertz CT molecular complexity index is 391. The number of nitrogens with one attached hydrogen (secondary N) is 1. The van der Waals surface area contributed by atoms with Gasteiger partial charge >= 0.3 is 0 Å². The van der Waals surface area contributed by atoms with Crippen LogP contribution in [0.2, 0.25) is 0 Å². The molecule has 104 valence electrons. The van der Waals surface area contributed by atoms with E-state index in [-0.39, 0.29) is 0 Å². The summed E-state index contributed by atoms with van der Waals surface area (Å²) in [6.07, 6.45) is 5.10. The molecule has 3 heteroatoms. The minimum atomic E-state index is 0.512. The van der Waals surface area contributed by atoms with Gasteiger partial charge in [-0.05, 0) is 30.6 Å². The highest BCUT2D eigenvalue weighted by atomic mass is 32.2. The average molecular weight is 276 g/mol. The van der Waals surface area contributed by atoms with Crippen LogP contribution in [-0.2, 0) is 0 Å². The molecule has 0 spiro atoms. The zero-order chi connectivity index (χ0) is 13.1. The highest BCUT2D eigenvalue weighted by Gasteiger charge is 2.38. The number of piperazine rings is 1. The third-order valence-corrected chi connectivity index (χ3v) is 5.00. The van der Waals surface area contributed by atoms with Crippen LogP contribution < -0.4 is 5.32 Å². The molecule has 1 heterocycles. The van der Waals surface area contributed by atoms with Crippen LogP contribution in [0.15, 0.2) is 30.3 Å². The van der Waals surface area contributed by atoms with Crippen LogP contribution in [0.5, 0.6) is 0 Å². The molecule has 2 nitrogen and oxygen atoms in total. The van der Waals surface area contributed by atoms with Crippen molar-refractivity contribution in [1.29, 1.82) is 0 Å². The molecule has 1 saturated heterocycles. The maximum absolute atomic E-state index is 3.76. The predicted molar refractivity (Wildman–Crippen MR) is 83.7 cm³/mol. The molecule has 1 saturated carbocycles. The van der Waals surface area contributed by atoms with Gasteiger partial charge in [0.25, 0.3) is 0 Å². The lowest BCUT2D eigenvalue weighted by atomic mass is 10.00. The number of rotatable bonds is 5. The first kappa shape index (κ1) is 13.5. The topological polar surface area (TPSA) is 15.3 Å². The van der Waals surface area contributed by atoms with E-state index in [1.807, 2.05) is 11.8 Å². The van der Waals surface area contributed by atoms with E-state index >= 15 is 0 Å². The molecule has 2 aliphatic rings. The number of thioether (sulfide) groups is 1. The Balaban J connectivity index is 1.66. The lowest BCUT2D eigenvalue weighted by Gasteiger charge is -2.41. The first-order valence-electron chi connectivity index (χ1n) is 7.40. The number of hydrogen-bond acceptors (Lipinski definition) is 3. The van der Waals surface area contributed by atoms with Gasteiger partial charge in [-0.2, -0.15) is 11.8 Å². The van der Waals surface area contributed by atoms with Crippen molar-refractivity contribution in [2.45, 2.75) is 24.9 Å². The second-order valence-corrected chi connectivity index (χ2v) is 6.75. The van der Waals surface area contributed by atoms with Crippen molar-refractivity contribution in [3.63, 3.8) is 0 Å². The highest BCUT2D eigenvalue weighted by Crippen LogP contribution is 2.37. The molecule has 1 N–H and O–H groups in total. The molecule has 1 aromatic rings. The van der Waals surface area contributed by atoms with E-state index in [0.29, 0.717) is 6.04 Å². The number of hydrogen-bond donors (Lipinski definition) is 1. The van der Waals surface area contributed by atoms with Gasteiger partial charge in [0.2, 0.25) is 0 Å². The van der Waals surface area contributed by atoms with E-state index in [2.05, 4.69) is 46.8 Å². The number of nitrogens with zero attached hydrogens (tertiary/aromatic N) is 1. The van der Waals surface area contributed by atoms with Crippen LogP contribution in [0.25, 0.3) is 0 Å². The smallest absolute Gasteiger partial charge is 0.0449 e. The van der Waals surface area contributed by atoms with Gasteiger partial charge in [-0.25, -0.2) is 0 Å². The normalized spacial score (nSPS) is 28.5. The van der Waals surface area contributed by atoms with E-state index in [9.17, 15) is 0 Å². The predicted octanol–water partition coefficient (Wildman–Crippen LogP) is 2.77. The molecule has 0 aromatic heterocycles. The van der Waals surface area contributed by atoms with Gasteiger partial charge in [-0.15, -0.1) is 0 Å². The Morgan fingerprint density at radius 2 is 2.05 bits per heavy atom. The third kappa shape index (κ3) is 3.33. The standard InChI is InChI=1S/C16H24N2S/c1-19-10-9-18-12-15(13-5-3-2-4-6-13)17-11-16(18)14-7-8-14/h2-6,14-17H,7-12H2,1H3. The van der Waals surface area contributed by atoms with E-state index in [1.165, 1.54) is 43.8 Å². The van der Waals surface area contributed by atoms with Crippen molar-refractivity contribution in [2.75, 3.05) is 31.6 Å². The zero-order valence-corrected chi connectivity index (χ0v) is 12.5. The van der Waals surface area contributed by atoms with Gasteiger partial charge < -0.3 is 5.32 Å². The Morgan fingerprint density at radius 1 is 1.26 bits per heavy atom. The molecule has 1 aromatic carbocycles. The fourth-order valence-corrected chi connectivity index (χ4v) is 3.56. The maximum Gasteiger partial charge on any atom is 0.0449 e. The fourth-order valence-electron chi connectivity index (χ4n) is 3.15. The molecular formula is C16H24N2S. The molecule has 0 radical (unpaired) electrons. The van der Waals surface area contributed by atoms with Gasteiger partial charge in [0.1, 0.15) is 0 Å². The van der Waals surface area contributed by atoms with Crippen molar-refractivity contribution in [2.24, 2.45) is 5.92 Å². The number of benzene rings is 1. The molecule has 0 bridgehead atoms. The Hall–Kier alpha value is -0.510. The molecule has 19 heavy (non-hydrogen) atoms. The van der Waals surface area contributed by atoms with E-state index in [0.717, 1.165) is 12.0 Å². The monoisotopic (exact) mass is 276 g/mol. The lowest BCUT2D eigenvalue weighted by molar-refractivity contribution is 0.123. The summed E-state index contributed by atoms with van der Waals surface area (Å²) in [5.74, 6) is 2.22. The molecule has 2 unspecified atom stereocenters.